The molecule has 2 atom stereocenters. The smallest absolute Gasteiger partial charge is 0.242 e. The normalized spacial score (nSPS) is 26.2. The molecule has 1 saturated heterocycles. The molecule has 1 aromatic carbocycles. The summed E-state index contributed by atoms with van der Waals surface area (Å²) in [5.74, 6) is 1.17. The van der Waals surface area contributed by atoms with Crippen molar-refractivity contribution in [2.45, 2.75) is 46.0 Å². The highest BCUT2D eigenvalue weighted by Crippen LogP contribution is 2.40. The molecule has 0 aromatic heterocycles. The maximum Gasteiger partial charge on any atom is 0.242 e. The molecule has 2 aliphatic rings. The van der Waals surface area contributed by atoms with Gasteiger partial charge in [0.2, 0.25) is 11.8 Å². The molecule has 1 aromatic rings. The van der Waals surface area contributed by atoms with Gasteiger partial charge in [0.05, 0.1) is 0 Å². The second kappa shape index (κ2) is 6.23. The van der Waals surface area contributed by atoms with Crippen LogP contribution in [0.4, 0.5) is 5.69 Å². The van der Waals surface area contributed by atoms with Crippen LogP contribution in [0.5, 0.6) is 0 Å². The van der Waals surface area contributed by atoms with Gasteiger partial charge in [0.15, 0.2) is 0 Å². The van der Waals surface area contributed by atoms with Crippen LogP contribution < -0.4 is 4.90 Å². The molecule has 24 heavy (non-hydrogen) atoms. The molecule has 4 nitrogen and oxygen atoms in total. The quantitative estimate of drug-likeness (QED) is 0.836. The van der Waals surface area contributed by atoms with Gasteiger partial charge in [0.1, 0.15) is 6.54 Å². The Labute approximate surface area is 144 Å². The topological polar surface area (TPSA) is 40.6 Å². The number of para-hydroxylation sites is 1. The zero-order valence-corrected chi connectivity index (χ0v) is 15.2. The standard InChI is InChI=1S/C20H28N2O2/c1-14-9-15(2)12-21(11-14)19(24)13-22-17-8-6-5-7-16(17)20(3,4)10-18(22)23/h5-8,14-15H,9-13H2,1-4H3/t14-,15-/m1/s1. The number of piperidine rings is 1. The van der Waals surface area contributed by atoms with Crippen molar-refractivity contribution in [3.63, 3.8) is 0 Å². The van der Waals surface area contributed by atoms with Gasteiger partial charge >= 0.3 is 0 Å². The highest BCUT2D eigenvalue weighted by Gasteiger charge is 2.38. The van der Waals surface area contributed by atoms with E-state index in [2.05, 4.69) is 33.8 Å². The number of nitrogens with zero attached hydrogens (tertiary/aromatic N) is 2. The number of carbonyl (C=O) groups is 2. The molecule has 0 saturated carbocycles. The van der Waals surface area contributed by atoms with Crippen molar-refractivity contribution in [2.24, 2.45) is 11.8 Å². The summed E-state index contributed by atoms with van der Waals surface area (Å²) in [5.41, 5.74) is 1.87. The van der Waals surface area contributed by atoms with Gasteiger partial charge < -0.3 is 9.80 Å². The van der Waals surface area contributed by atoms with E-state index in [1.807, 2.05) is 23.1 Å². The first-order valence-corrected chi connectivity index (χ1v) is 8.95. The highest BCUT2D eigenvalue weighted by atomic mass is 16.2. The van der Waals surface area contributed by atoms with Crippen LogP contribution in [0, 0.1) is 11.8 Å². The van der Waals surface area contributed by atoms with Crippen molar-refractivity contribution in [1.29, 1.82) is 0 Å². The summed E-state index contributed by atoms with van der Waals surface area (Å²) in [6, 6.07) is 7.98. The molecule has 4 heteroatoms. The Morgan fingerprint density at radius 1 is 1.17 bits per heavy atom. The van der Waals surface area contributed by atoms with Gasteiger partial charge in [0.25, 0.3) is 0 Å². The second-order valence-electron chi connectivity index (χ2n) is 8.30. The monoisotopic (exact) mass is 328 g/mol. The molecule has 0 unspecified atom stereocenters. The summed E-state index contributed by atoms with van der Waals surface area (Å²) in [5, 5.41) is 0. The predicted molar refractivity (Wildman–Crippen MR) is 96.0 cm³/mol. The minimum atomic E-state index is -0.179. The molecule has 0 bridgehead atoms. The lowest BCUT2D eigenvalue weighted by atomic mass is 9.77. The number of amides is 2. The van der Waals surface area contributed by atoms with Crippen LogP contribution >= 0.6 is 0 Å². The maximum atomic E-state index is 12.8. The van der Waals surface area contributed by atoms with E-state index in [9.17, 15) is 9.59 Å². The van der Waals surface area contributed by atoms with Crippen molar-refractivity contribution in [2.75, 3.05) is 24.5 Å². The Morgan fingerprint density at radius 2 is 1.79 bits per heavy atom. The van der Waals surface area contributed by atoms with Crippen LogP contribution in [0.25, 0.3) is 0 Å². The molecule has 0 radical (unpaired) electrons. The third-order valence-electron chi connectivity index (χ3n) is 5.33. The average Bonchev–Trinajstić information content (AvgIpc) is 2.50. The fraction of sp³-hybridized carbons (Fsp3) is 0.600. The molecule has 2 amide bonds. The molecular weight excluding hydrogens is 300 g/mol. The lowest BCUT2D eigenvalue weighted by Crippen LogP contribution is -2.50. The van der Waals surface area contributed by atoms with Crippen LogP contribution in [0.2, 0.25) is 0 Å². The van der Waals surface area contributed by atoms with Crippen molar-refractivity contribution >= 4 is 17.5 Å². The Kier molecular flexibility index (Phi) is 4.41. The Hall–Kier alpha value is -1.84. The average molecular weight is 328 g/mol. The summed E-state index contributed by atoms with van der Waals surface area (Å²) in [6.07, 6.45) is 1.62. The number of hydrogen-bond acceptors (Lipinski definition) is 2. The first-order valence-electron chi connectivity index (χ1n) is 8.95. The molecule has 130 valence electrons. The molecule has 3 rings (SSSR count). The lowest BCUT2D eigenvalue weighted by molar-refractivity contribution is -0.134. The minimum Gasteiger partial charge on any atom is -0.341 e. The van der Waals surface area contributed by atoms with Gasteiger partial charge in [-0.3, -0.25) is 9.59 Å². The maximum absolute atomic E-state index is 12.8. The van der Waals surface area contributed by atoms with Crippen LogP contribution in [-0.4, -0.2) is 36.3 Å². The number of hydrogen-bond donors (Lipinski definition) is 0. The fourth-order valence-electron chi connectivity index (χ4n) is 4.26. The molecule has 0 spiro atoms. The summed E-state index contributed by atoms with van der Waals surface area (Å²) in [7, 11) is 0. The highest BCUT2D eigenvalue weighted by molar-refractivity contribution is 6.02. The van der Waals surface area contributed by atoms with Crippen LogP contribution in [0.1, 0.15) is 46.1 Å². The SMILES string of the molecule is C[C@@H]1C[C@@H](C)CN(C(=O)CN2C(=O)CC(C)(C)c3ccccc32)C1. The summed E-state index contributed by atoms with van der Waals surface area (Å²) >= 11 is 0. The lowest BCUT2D eigenvalue weighted by Gasteiger charge is -2.40. The van der Waals surface area contributed by atoms with E-state index >= 15 is 0 Å². The number of likely N-dealkylation sites (tertiary alicyclic amines) is 1. The molecule has 2 heterocycles. The Bertz CT molecular complexity index is 643. The summed E-state index contributed by atoms with van der Waals surface area (Å²) in [6.45, 7) is 10.3. The van der Waals surface area contributed by atoms with E-state index in [0.29, 0.717) is 18.3 Å². The van der Waals surface area contributed by atoms with Gasteiger partial charge in [0, 0.05) is 30.6 Å². The van der Waals surface area contributed by atoms with Crippen molar-refractivity contribution in [1.82, 2.24) is 4.90 Å². The van der Waals surface area contributed by atoms with Crippen LogP contribution in [-0.2, 0) is 15.0 Å². The molecule has 0 N–H and O–H groups in total. The van der Waals surface area contributed by atoms with Gasteiger partial charge in [-0.05, 0) is 29.9 Å². The van der Waals surface area contributed by atoms with Gasteiger partial charge in [-0.1, -0.05) is 45.9 Å². The minimum absolute atomic E-state index is 0.0464. The first kappa shape index (κ1) is 17.0. The molecule has 1 fully saturated rings. The van der Waals surface area contributed by atoms with Crippen LogP contribution in [0.3, 0.4) is 0 Å². The van der Waals surface area contributed by atoms with E-state index in [-0.39, 0.29) is 23.8 Å². The Balaban J connectivity index is 1.82. The Morgan fingerprint density at radius 3 is 2.46 bits per heavy atom. The third kappa shape index (κ3) is 3.19. The van der Waals surface area contributed by atoms with E-state index in [4.69, 9.17) is 0 Å². The number of carbonyl (C=O) groups excluding carboxylic acids is 2. The zero-order chi connectivity index (χ0) is 17.5. The molecule has 2 aliphatic heterocycles. The van der Waals surface area contributed by atoms with Crippen LogP contribution in [0.15, 0.2) is 24.3 Å². The number of fused-ring (bicyclic) bond motifs is 1. The van der Waals surface area contributed by atoms with E-state index in [1.165, 1.54) is 6.42 Å². The van der Waals surface area contributed by atoms with Crippen molar-refractivity contribution in [3.05, 3.63) is 29.8 Å². The van der Waals surface area contributed by atoms with E-state index < -0.39 is 0 Å². The fourth-order valence-corrected chi connectivity index (χ4v) is 4.26. The predicted octanol–water partition coefficient (Wildman–Crippen LogP) is 3.21. The number of benzene rings is 1. The summed E-state index contributed by atoms with van der Waals surface area (Å²) < 4.78 is 0. The van der Waals surface area contributed by atoms with Crippen molar-refractivity contribution < 1.29 is 9.59 Å². The van der Waals surface area contributed by atoms with E-state index in [1.54, 1.807) is 4.90 Å². The van der Waals surface area contributed by atoms with Gasteiger partial charge in [-0.15, -0.1) is 0 Å². The van der Waals surface area contributed by atoms with Gasteiger partial charge in [-0.2, -0.15) is 0 Å². The van der Waals surface area contributed by atoms with Crippen molar-refractivity contribution in [3.8, 4) is 0 Å². The summed E-state index contributed by atoms with van der Waals surface area (Å²) in [4.78, 5) is 29.1. The molecular formula is C20H28N2O2. The van der Waals surface area contributed by atoms with Gasteiger partial charge in [-0.25, -0.2) is 0 Å². The molecule has 0 aliphatic carbocycles. The second-order valence-corrected chi connectivity index (χ2v) is 8.30. The zero-order valence-electron chi connectivity index (χ0n) is 15.2. The number of anilines is 1. The van der Waals surface area contributed by atoms with E-state index in [0.717, 1.165) is 24.3 Å². The number of rotatable bonds is 2. The largest absolute Gasteiger partial charge is 0.341 e. The third-order valence-corrected chi connectivity index (χ3v) is 5.33. The first-order chi connectivity index (χ1) is 11.3.